The first-order chi connectivity index (χ1) is 9.72. The maximum absolute atomic E-state index is 8.60. The van der Waals surface area contributed by atoms with Crippen LogP contribution in [0.2, 0.25) is 0 Å². The summed E-state index contributed by atoms with van der Waals surface area (Å²) < 4.78 is 6.48. The van der Waals surface area contributed by atoms with Crippen LogP contribution in [0.1, 0.15) is 11.1 Å². The third-order valence-corrected chi connectivity index (χ3v) is 3.98. The van der Waals surface area contributed by atoms with Crippen molar-refractivity contribution in [3.05, 3.63) is 58.1 Å². The van der Waals surface area contributed by atoms with E-state index in [9.17, 15) is 0 Å². The van der Waals surface area contributed by atoms with Crippen molar-refractivity contribution in [1.29, 1.82) is 5.26 Å². The maximum Gasteiger partial charge on any atom is 0.174 e. The van der Waals surface area contributed by atoms with Crippen molar-refractivity contribution in [2.75, 3.05) is 11.9 Å². The zero-order valence-corrected chi connectivity index (χ0v) is 12.8. The van der Waals surface area contributed by atoms with Gasteiger partial charge in [-0.25, -0.2) is 0 Å². The molecular formula is C16H15BrN2O. The molecule has 0 atom stereocenters. The van der Waals surface area contributed by atoms with E-state index in [0.717, 1.165) is 21.5 Å². The summed E-state index contributed by atoms with van der Waals surface area (Å²) in [6.45, 7) is 2.76. The fourth-order valence-electron chi connectivity index (χ4n) is 1.88. The first kappa shape index (κ1) is 14.4. The van der Waals surface area contributed by atoms with Crippen molar-refractivity contribution in [1.82, 2.24) is 0 Å². The molecule has 0 aliphatic heterocycles. The molecule has 0 bridgehead atoms. The smallest absolute Gasteiger partial charge is 0.174 e. The SMILES string of the molecule is Cc1cccc(NCc2ccccc2OCC#N)c1Br. The topological polar surface area (TPSA) is 45.0 Å². The third kappa shape index (κ3) is 3.52. The van der Waals surface area contributed by atoms with E-state index in [-0.39, 0.29) is 6.61 Å². The number of anilines is 1. The van der Waals surface area contributed by atoms with Crippen LogP contribution in [0.15, 0.2) is 46.9 Å². The van der Waals surface area contributed by atoms with Crippen molar-refractivity contribution in [3.63, 3.8) is 0 Å². The van der Waals surface area contributed by atoms with Crippen LogP contribution in [-0.2, 0) is 6.54 Å². The van der Waals surface area contributed by atoms with E-state index in [1.807, 2.05) is 42.5 Å². The first-order valence-corrected chi connectivity index (χ1v) is 7.08. The quantitative estimate of drug-likeness (QED) is 0.890. The molecule has 102 valence electrons. The van der Waals surface area contributed by atoms with E-state index in [0.29, 0.717) is 6.54 Å². The Hall–Kier alpha value is -1.99. The van der Waals surface area contributed by atoms with Crippen LogP contribution in [0.4, 0.5) is 5.69 Å². The van der Waals surface area contributed by atoms with Crippen LogP contribution in [0.3, 0.4) is 0 Å². The molecule has 0 amide bonds. The van der Waals surface area contributed by atoms with Crippen LogP contribution in [-0.4, -0.2) is 6.61 Å². The average Bonchev–Trinajstić information content (AvgIpc) is 2.47. The molecule has 0 fully saturated rings. The number of ether oxygens (including phenoxy) is 1. The second kappa shape index (κ2) is 6.97. The maximum atomic E-state index is 8.60. The molecule has 0 radical (unpaired) electrons. The van der Waals surface area contributed by atoms with Gasteiger partial charge in [-0.2, -0.15) is 5.26 Å². The summed E-state index contributed by atoms with van der Waals surface area (Å²) in [5.74, 6) is 0.741. The van der Waals surface area contributed by atoms with Gasteiger partial charge in [0.2, 0.25) is 0 Å². The highest BCUT2D eigenvalue weighted by molar-refractivity contribution is 9.10. The summed E-state index contributed by atoms with van der Waals surface area (Å²) in [5, 5.41) is 12.0. The van der Waals surface area contributed by atoms with Gasteiger partial charge in [0.1, 0.15) is 11.8 Å². The molecule has 2 aromatic carbocycles. The van der Waals surface area contributed by atoms with Gasteiger partial charge >= 0.3 is 0 Å². The fourth-order valence-corrected chi connectivity index (χ4v) is 2.28. The van der Waals surface area contributed by atoms with Gasteiger partial charge in [0.15, 0.2) is 6.61 Å². The molecule has 0 aliphatic carbocycles. The van der Waals surface area contributed by atoms with Crippen molar-refractivity contribution in [2.24, 2.45) is 0 Å². The lowest BCUT2D eigenvalue weighted by atomic mass is 10.2. The fraction of sp³-hybridized carbons (Fsp3) is 0.188. The molecule has 1 N–H and O–H groups in total. The highest BCUT2D eigenvalue weighted by Crippen LogP contribution is 2.27. The number of rotatable bonds is 5. The monoisotopic (exact) mass is 330 g/mol. The van der Waals surface area contributed by atoms with Crippen LogP contribution < -0.4 is 10.1 Å². The van der Waals surface area contributed by atoms with E-state index in [1.54, 1.807) is 0 Å². The Morgan fingerprint density at radius 3 is 2.80 bits per heavy atom. The van der Waals surface area contributed by atoms with Crippen LogP contribution in [0.5, 0.6) is 5.75 Å². The molecule has 2 aromatic rings. The highest BCUT2D eigenvalue weighted by Gasteiger charge is 2.05. The van der Waals surface area contributed by atoms with Crippen molar-refractivity contribution >= 4 is 21.6 Å². The minimum absolute atomic E-state index is 0.0607. The van der Waals surface area contributed by atoms with E-state index in [2.05, 4.69) is 34.2 Å². The molecule has 0 saturated heterocycles. The number of hydrogen-bond donors (Lipinski definition) is 1. The van der Waals surface area contributed by atoms with E-state index in [1.165, 1.54) is 5.56 Å². The minimum atomic E-state index is 0.0607. The van der Waals surface area contributed by atoms with Crippen molar-refractivity contribution in [3.8, 4) is 11.8 Å². The molecule has 0 heterocycles. The van der Waals surface area contributed by atoms with Crippen molar-refractivity contribution in [2.45, 2.75) is 13.5 Å². The average molecular weight is 331 g/mol. The van der Waals surface area contributed by atoms with Gasteiger partial charge in [-0.15, -0.1) is 0 Å². The Kier molecular flexibility index (Phi) is 5.03. The number of hydrogen-bond acceptors (Lipinski definition) is 3. The van der Waals surface area contributed by atoms with E-state index >= 15 is 0 Å². The lowest BCUT2D eigenvalue weighted by Crippen LogP contribution is -2.04. The van der Waals surface area contributed by atoms with Crippen LogP contribution in [0, 0.1) is 18.3 Å². The zero-order valence-electron chi connectivity index (χ0n) is 11.2. The second-order valence-electron chi connectivity index (χ2n) is 4.34. The standard InChI is InChI=1S/C16H15BrN2O/c1-12-5-4-7-14(16(12)17)19-11-13-6-2-3-8-15(13)20-10-9-18/h2-8,19H,10-11H2,1H3. The summed E-state index contributed by atoms with van der Waals surface area (Å²) >= 11 is 3.58. The Morgan fingerprint density at radius 2 is 2.00 bits per heavy atom. The van der Waals surface area contributed by atoms with Gasteiger partial charge in [0.05, 0.1) is 0 Å². The molecule has 0 unspecified atom stereocenters. The number of nitrogens with zero attached hydrogens (tertiary/aromatic N) is 1. The lowest BCUT2D eigenvalue weighted by molar-refractivity contribution is 0.364. The molecular weight excluding hydrogens is 316 g/mol. The predicted molar refractivity (Wildman–Crippen MR) is 83.8 cm³/mol. The van der Waals surface area contributed by atoms with E-state index in [4.69, 9.17) is 10.00 Å². The molecule has 0 aromatic heterocycles. The Balaban J connectivity index is 2.11. The molecule has 20 heavy (non-hydrogen) atoms. The van der Waals surface area contributed by atoms with Crippen LogP contribution >= 0.6 is 15.9 Å². The summed E-state index contributed by atoms with van der Waals surface area (Å²) in [5.41, 5.74) is 3.25. The molecule has 2 rings (SSSR count). The van der Waals surface area contributed by atoms with Crippen molar-refractivity contribution < 1.29 is 4.74 Å². The number of aryl methyl sites for hydroxylation is 1. The van der Waals surface area contributed by atoms with Gasteiger partial charge < -0.3 is 10.1 Å². The number of halogens is 1. The van der Waals surface area contributed by atoms with Gasteiger partial charge in [-0.1, -0.05) is 30.3 Å². The second-order valence-corrected chi connectivity index (χ2v) is 5.14. The van der Waals surface area contributed by atoms with E-state index < -0.39 is 0 Å². The molecule has 0 aliphatic rings. The predicted octanol–water partition coefficient (Wildman–Crippen LogP) is 4.27. The highest BCUT2D eigenvalue weighted by atomic mass is 79.9. The Labute approximate surface area is 127 Å². The largest absolute Gasteiger partial charge is 0.478 e. The van der Waals surface area contributed by atoms with Gasteiger partial charge in [0.25, 0.3) is 0 Å². The molecule has 4 heteroatoms. The molecule has 0 saturated carbocycles. The third-order valence-electron chi connectivity index (χ3n) is 2.93. The summed E-state index contributed by atoms with van der Waals surface area (Å²) in [7, 11) is 0. The first-order valence-electron chi connectivity index (χ1n) is 6.29. The minimum Gasteiger partial charge on any atom is -0.478 e. The molecule has 3 nitrogen and oxygen atoms in total. The summed E-state index contributed by atoms with van der Waals surface area (Å²) in [6, 6.07) is 15.8. The number of benzene rings is 2. The van der Waals surface area contributed by atoms with Gasteiger partial charge in [-0.3, -0.25) is 0 Å². The van der Waals surface area contributed by atoms with Gasteiger partial charge in [-0.05, 0) is 40.5 Å². The number of para-hydroxylation sites is 1. The molecule has 0 spiro atoms. The summed E-state index contributed by atoms with van der Waals surface area (Å²) in [4.78, 5) is 0. The Morgan fingerprint density at radius 1 is 1.20 bits per heavy atom. The van der Waals surface area contributed by atoms with Gasteiger partial charge in [0, 0.05) is 22.3 Å². The van der Waals surface area contributed by atoms with Crippen LogP contribution in [0.25, 0.3) is 0 Å². The number of nitriles is 1. The zero-order chi connectivity index (χ0) is 14.4. The lowest BCUT2D eigenvalue weighted by Gasteiger charge is -2.13. The normalized spacial score (nSPS) is 9.85. The Bertz CT molecular complexity index is 635. The number of nitrogens with one attached hydrogen (secondary N) is 1. The summed E-state index contributed by atoms with van der Waals surface area (Å²) in [6.07, 6.45) is 0.